The zero-order valence-electron chi connectivity index (χ0n) is 17.2. The van der Waals surface area contributed by atoms with Gasteiger partial charge in [0.2, 0.25) is 11.7 Å². The van der Waals surface area contributed by atoms with E-state index in [1.165, 1.54) is 13.0 Å². The molecule has 0 aliphatic rings. The molecule has 0 saturated heterocycles. The van der Waals surface area contributed by atoms with Crippen molar-refractivity contribution in [1.82, 2.24) is 10.1 Å². The van der Waals surface area contributed by atoms with E-state index in [1.807, 2.05) is 24.3 Å². The van der Waals surface area contributed by atoms with Gasteiger partial charge in [-0.3, -0.25) is 0 Å². The van der Waals surface area contributed by atoms with Gasteiger partial charge in [-0.05, 0) is 42.0 Å². The fourth-order valence-electron chi connectivity index (χ4n) is 2.86. The summed E-state index contributed by atoms with van der Waals surface area (Å²) in [4.78, 5) is 4.18. The highest BCUT2D eigenvalue weighted by Crippen LogP contribution is 2.28. The third-order valence-electron chi connectivity index (χ3n) is 4.95. The van der Waals surface area contributed by atoms with Crippen LogP contribution in [0.25, 0.3) is 11.4 Å². The summed E-state index contributed by atoms with van der Waals surface area (Å²) in [6.45, 7) is 9.49. The summed E-state index contributed by atoms with van der Waals surface area (Å²) in [6.07, 6.45) is 0. The maximum atomic E-state index is 13.8. The Labute approximate surface area is 170 Å². The van der Waals surface area contributed by atoms with Gasteiger partial charge in [0.05, 0.1) is 5.75 Å². The number of rotatable bonds is 5. The first-order valence-corrected chi connectivity index (χ1v) is 11.1. The van der Waals surface area contributed by atoms with Crippen molar-refractivity contribution in [3.05, 3.63) is 70.9 Å². The molecule has 0 saturated carbocycles. The smallest absolute Gasteiger partial charge is 0.245 e. The van der Waals surface area contributed by atoms with Crippen molar-refractivity contribution < 1.29 is 17.3 Å². The summed E-state index contributed by atoms with van der Waals surface area (Å²) >= 11 is 0. The zero-order chi connectivity index (χ0) is 21.4. The van der Waals surface area contributed by atoms with E-state index >= 15 is 0 Å². The van der Waals surface area contributed by atoms with Gasteiger partial charge in [-0.15, -0.1) is 0 Å². The lowest BCUT2D eigenvalue weighted by molar-refractivity contribution is 0.377. The van der Waals surface area contributed by atoms with Crippen LogP contribution in [0.4, 0.5) is 4.39 Å². The molecule has 7 heteroatoms. The minimum Gasteiger partial charge on any atom is -0.338 e. The van der Waals surface area contributed by atoms with E-state index < -0.39 is 15.1 Å². The van der Waals surface area contributed by atoms with E-state index in [2.05, 4.69) is 30.9 Å². The number of hydrogen-bond acceptors (Lipinski definition) is 5. The predicted molar refractivity (Wildman–Crippen MR) is 111 cm³/mol. The molecular weight excluding hydrogens is 391 g/mol. The van der Waals surface area contributed by atoms with Gasteiger partial charge in [-0.25, -0.2) is 12.8 Å². The van der Waals surface area contributed by atoms with Crippen LogP contribution in [0.3, 0.4) is 0 Å². The molecule has 3 rings (SSSR count). The molecule has 1 heterocycles. The van der Waals surface area contributed by atoms with Crippen LogP contribution in [0, 0.1) is 12.7 Å². The molecule has 1 aromatic heterocycles. The van der Waals surface area contributed by atoms with Crippen LogP contribution >= 0.6 is 0 Å². The topological polar surface area (TPSA) is 73.1 Å². The SMILES string of the molecule is Cc1ccc(-c2noc(C(C)S(=O)(=O)Cc3ccc(C(C)(C)C)cc3)n2)cc1F. The van der Waals surface area contributed by atoms with Crippen molar-refractivity contribution in [2.75, 3.05) is 0 Å². The first-order valence-electron chi connectivity index (χ1n) is 9.38. The van der Waals surface area contributed by atoms with Gasteiger partial charge in [-0.2, -0.15) is 4.98 Å². The summed E-state index contributed by atoms with van der Waals surface area (Å²) in [7, 11) is -3.57. The molecule has 0 fully saturated rings. The van der Waals surface area contributed by atoms with Gasteiger partial charge in [0.25, 0.3) is 0 Å². The van der Waals surface area contributed by atoms with Gasteiger partial charge in [0, 0.05) is 5.56 Å². The van der Waals surface area contributed by atoms with Crippen LogP contribution in [0.2, 0.25) is 0 Å². The maximum Gasteiger partial charge on any atom is 0.245 e. The Morgan fingerprint density at radius 3 is 2.34 bits per heavy atom. The monoisotopic (exact) mass is 416 g/mol. The second kappa shape index (κ2) is 7.71. The van der Waals surface area contributed by atoms with Gasteiger partial charge in [0.1, 0.15) is 11.1 Å². The predicted octanol–water partition coefficient (Wildman–Crippen LogP) is 5.16. The summed E-state index contributed by atoms with van der Waals surface area (Å²) in [6, 6.07) is 12.2. The van der Waals surface area contributed by atoms with E-state index in [-0.39, 0.29) is 28.7 Å². The molecule has 0 radical (unpaired) electrons. The van der Waals surface area contributed by atoms with Gasteiger partial charge < -0.3 is 4.52 Å². The number of aromatic nitrogens is 2. The van der Waals surface area contributed by atoms with Crippen LogP contribution < -0.4 is 0 Å². The molecule has 2 aromatic carbocycles. The van der Waals surface area contributed by atoms with Crippen molar-refractivity contribution in [2.24, 2.45) is 0 Å². The molecule has 0 bridgehead atoms. The molecule has 0 N–H and O–H groups in total. The van der Waals surface area contributed by atoms with Crippen LogP contribution in [-0.4, -0.2) is 18.6 Å². The Bertz CT molecular complexity index is 1110. The minimum absolute atomic E-state index is 0.000306. The molecule has 1 atom stereocenters. The van der Waals surface area contributed by atoms with Crippen molar-refractivity contribution in [3.63, 3.8) is 0 Å². The Morgan fingerprint density at radius 2 is 1.76 bits per heavy atom. The number of hydrogen-bond donors (Lipinski definition) is 0. The normalized spacial score (nSPS) is 13.4. The van der Waals surface area contributed by atoms with Crippen molar-refractivity contribution in [2.45, 2.75) is 51.0 Å². The molecule has 0 aliphatic heterocycles. The van der Waals surface area contributed by atoms with E-state index in [0.717, 1.165) is 5.56 Å². The largest absolute Gasteiger partial charge is 0.338 e. The fraction of sp³-hybridized carbons (Fsp3) is 0.364. The lowest BCUT2D eigenvalue weighted by atomic mass is 9.87. The summed E-state index contributed by atoms with van der Waals surface area (Å²) in [5.74, 6) is -0.355. The van der Waals surface area contributed by atoms with E-state index in [4.69, 9.17) is 4.52 Å². The number of halogens is 1. The van der Waals surface area contributed by atoms with Gasteiger partial charge >= 0.3 is 0 Å². The Hall–Kier alpha value is -2.54. The van der Waals surface area contributed by atoms with Gasteiger partial charge in [-0.1, -0.05) is 62.3 Å². The number of nitrogens with zero attached hydrogens (tertiary/aromatic N) is 2. The number of benzene rings is 2. The Morgan fingerprint density at radius 1 is 1.10 bits per heavy atom. The average molecular weight is 417 g/mol. The van der Waals surface area contributed by atoms with Crippen molar-refractivity contribution >= 4 is 9.84 Å². The van der Waals surface area contributed by atoms with Crippen LogP contribution in [0.5, 0.6) is 0 Å². The first-order chi connectivity index (χ1) is 13.5. The quantitative estimate of drug-likeness (QED) is 0.574. The highest BCUT2D eigenvalue weighted by Gasteiger charge is 2.29. The Kier molecular flexibility index (Phi) is 5.63. The molecule has 29 heavy (non-hydrogen) atoms. The number of sulfone groups is 1. The molecule has 3 aromatic rings. The molecule has 0 spiro atoms. The number of aryl methyl sites for hydroxylation is 1. The van der Waals surface area contributed by atoms with E-state index in [1.54, 1.807) is 19.1 Å². The Balaban J connectivity index is 1.79. The molecule has 5 nitrogen and oxygen atoms in total. The third-order valence-corrected chi connectivity index (χ3v) is 6.96. The first kappa shape index (κ1) is 21.2. The molecule has 0 aliphatic carbocycles. The molecule has 154 valence electrons. The standard InChI is InChI=1S/C22H25FN2O3S/c1-14-6-9-17(12-19(14)23)20-24-21(28-25-20)15(2)29(26,27)13-16-7-10-18(11-8-16)22(3,4)5/h6-12,15H,13H2,1-5H3. The van der Waals surface area contributed by atoms with E-state index in [9.17, 15) is 12.8 Å². The minimum atomic E-state index is -3.57. The average Bonchev–Trinajstić information content (AvgIpc) is 3.12. The highest BCUT2D eigenvalue weighted by molar-refractivity contribution is 7.90. The van der Waals surface area contributed by atoms with E-state index in [0.29, 0.717) is 16.7 Å². The van der Waals surface area contributed by atoms with Crippen LogP contribution in [-0.2, 0) is 21.0 Å². The van der Waals surface area contributed by atoms with Crippen molar-refractivity contribution in [3.8, 4) is 11.4 Å². The second-order valence-corrected chi connectivity index (χ2v) is 10.6. The third kappa shape index (κ3) is 4.72. The van der Waals surface area contributed by atoms with Gasteiger partial charge in [0.15, 0.2) is 9.84 Å². The maximum absolute atomic E-state index is 13.8. The zero-order valence-corrected chi connectivity index (χ0v) is 18.0. The fourth-order valence-corrected chi connectivity index (χ4v) is 4.17. The van der Waals surface area contributed by atoms with Crippen LogP contribution in [0.15, 0.2) is 47.0 Å². The molecule has 0 amide bonds. The second-order valence-electron chi connectivity index (χ2n) is 8.32. The summed E-state index contributed by atoms with van der Waals surface area (Å²) in [5.41, 5.74) is 2.78. The van der Waals surface area contributed by atoms with Crippen LogP contribution in [0.1, 0.15) is 55.5 Å². The summed E-state index contributed by atoms with van der Waals surface area (Å²) in [5, 5.41) is 2.85. The molecule has 1 unspecified atom stereocenters. The lowest BCUT2D eigenvalue weighted by Gasteiger charge is -2.19. The summed E-state index contributed by atoms with van der Waals surface area (Å²) < 4.78 is 44.6. The lowest BCUT2D eigenvalue weighted by Crippen LogP contribution is -2.14. The molecular formula is C22H25FN2O3S. The highest BCUT2D eigenvalue weighted by atomic mass is 32.2. The van der Waals surface area contributed by atoms with Crippen molar-refractivity contribution in [1.29, 1.82) is 0 Å².